The number of amides is 1. The predicted molar refractivity (Wildman–Crippen MR) is 98.8 cm³/mol. The lowest BCUT2D eigenvalue weighted by Gasteiger charge is -2.08. The second-order valence-electron chi connectivity index (χ2n) is 5.89. The normalized spacial score (nSPS) is 12.1. The van der Waals surface area contributed by atoms with Gasteiger partial charge in [-0.15, -0.1) is 0 Å². The molecule has 0 unspecified atom stereocenters. The van der Waals surface area contributed by atoms with Gasteiger partial charge in [-0.2, -0.15) is 13.2 Å². The van der Waals surface area contributed by atoms with Crippen LogP contribution in [0, 0.1) is 0 Å². The monoisotopic (exact) mass is 387 g/mol. The molecule has 0 bridgehead atoms. The Kier molecular flexibility index (Phi) is 5.21. The van der Waals surface area contributed by atoms with Crippen molar-refractivity contribution in [3.8, 4) is 11.3 Å². The summed E-state index contributed by atoms with van der Waals surface area (Å²) < 4.78 is 44.3. The molecule has 0 aliphatic carbocycles. The molecule has 0 radical (unpaired) electrons. The highest BCUT2D eigenvalue weighted by Crippen LogP contribution is 2.34. The first-order valence-corrected chi connectivity index (χ1v) is 8.23. The quantitative estimate of drug-likeness (QED) is 0.704. The van der Waals surface area contributed by atoms with Gasteiger partial charge in [0.05, 0.1) is 5.56 Å². The van der Waals surface area contributed by atoms with E-state index in [-0.39, 0.29) is 22.6 Å². The third kappa shape index (κ3) is 3.90. The van der Waals surface area contributed by atoms with E-state index < -0.39 is 17.6 Å². The highest BCUT2D eigenvalue weighted by atomic mass is 19.4. The summed E-state index contributed by atoms with van der Waals surface area (Å²) in [5.74, 6) is -0.506. The topological polar surface area (TPSA) is 81.2 Å². The van der Waals surface area contributed by atoms with E-state index in [1.165, 1.54) is 25.3 Å². The molecule has 0 aliphatic heterocycles. The SMILES string of the molecule is CNC(=O)c1c(-c2cccc(C(F)(F)F)c2)noc1/C=C(/N)c1ccccc1. The molecule has 3 aromatic rings. The number of hydrogen-bond donors (Lipinski definition) is 2. The number of carbonyl (C=O) groups excluding carboxylic acids is 1. The minimum atomic E-state index is -4.52. The second kappa shape index (κ2) is 7.59. The molecule has 0 aliphatic rings. The van der Waals surface area contributed by atoms with Crippen molar-refractivity contribution < 1.29 is 22.5 Å². The van der Waals surface area contributed by atoms with Gasteiger partial charge in [-0.25, -0.2) is 0 Å². The number of nitrogens with zero attached hydrogens (tertiary/aromatic N) is 1. The Hall–Kier alpha value is -3.55. The smallest absolute Gasteiger partial charge is 0.398 e. The summed E-state index contributed by atoms with van der Waals surface area (Å²) >= 11 is 0. The van der Waals surface area contributed by atoms with Crippen LogP contribution in [0.1, 0.15) is 27.2 Å². The van der Waals surface area contributed by atoms with Crippen LogP contribution in [0.5, 0.6) is 0 Å². The van der Waals surface area contributed by atoms with Crippen LogP contribution in [0.15, 0.2) is 59.1 Å². The molecule has 2 aromatic carbocycles. The first kappa shape index (κ1) is 19.2. The third-order valence-electron chi connectivity index (χ3n) is 4.03. The average molecular weight is 387 g/mol. The summed E-state index contributed by atoms with van der Waals surface area (Å²) in [5, 5.41) is 6.27. The summed E-state index contributed by atoms with van der Waals surface area (Å²) in [6, 6.07) is 13.5. The van der Waals surface area contributed by atoms with Gasteiger partial charge in [-0.3, -0.25) is 4.79 Å². The van der Waals surface area contributed by atoms with Crippen LogP contribution in [0.3, 0.4) is 0 Å². The number of benzene rings is 2. The fourth-order valence-electron chi connectivity index (χ4n) is 2.64. The minimum Gasteiger partial charge on any atom is -0.398 e. The first-order chi connectivity index (χ1) is 13.3. The molecular formula is C20H16F3N3O2. The van der Waals surface area contributed by atoms with Crippen molar-refractivity contribution in [2.24, 2.45) is 5.73 Å². The van der Waals surface area contributed by atoms with Crippen molar-refractivity contribution in [2.45, 2.75) is 6.18 Å². The number of rotatable bonds is 4. The lowest BCUT2D eigenvalue weighted by molar-refractivity contribution is -0.137. The van der Waals surface area contributed by atoms with E-state index in [1.807, 2.05) is 6.07 Å². The zero-order valence-corrected chi connectivity index (χ0v) is 14.7. The van der Waals surface area contributed by atoms with Crippen molar-refractivity contribution in [1.82, 2.24) is 10.5 Å². The molecule has 5 nitrogen and oxygen atoms in total. The Morgan fingerprint density at radius 3 is 2.50 bits per heavy atom. The molecule has 1 aromatic heterocycles. The van der Waals surface area contributed by atoms with E-state index in [1.54, 1.807) is 24.3 Å². The lowest BCUT2D eigenvalue weighted by Crippen LogP contribution is -2.19. The summed E-state index contributed by atoms with van der Waals surface area (Å²) in [5.41, 5.74) is 6.33. The molecule has 28 heavy (non-hydrogen) atoms. The maximum atomic E-state index is 13.0. The van der Waals surface area contributed by atoms with E-state index in [2.05, 4.69) is 10.5 Å². The number of carbonyl (C=O) groups is 1. The average Bonchev–Trinajstić information content (AvgIpc) is 3.11. The van der Waals surface area contributed by atoms with Crippen molar-refractivity contribution in [3.05, 3.63) is 77.0 Å². The van der Waals surface area contributed by atoms with Crippen molar-refractivity contribution in [2.75, 3.05) is 7.05 Å². The lowest BCUT2D eigenvalue weighted by atomic mass is 10.0. The van der Waals surface area contributed by atoms with Gasteiger partial charge in [0, 0.05) is 24.4 Å². The molecule has 3 N–H and O–H groups in total. The Bertz CT molecular complexity index is 1020. The van der Waals surface area contributed by atoms with Crippen molar-refractivity contribution in [1.29, 1.82) is 0 Å². The fourth-order valence-corrected chi connectivity index (χ4v) is 2.64. The highest BCUT2D eigenvalue weighted by molar-refractivity contribution is 6.03. The predicted octanol–water partition coefficient (Wildman–Crippen LogP) is 4.18. The second-order valence-corrected chi connectivity index (χ2v) is 5.89. The largest absolute Gasteiger partial charge is 0.416 e. The third-order valence-corrected chi connectivity index (χ3v) is 4.03. The summed E-state index contributed by atoms with van der Waals surface area (Å²) in [6.07, 6.45) is -3.10. The maximum absolute atomic E-state index is 13.0. The number of nitrogens with one attached hydrogen (secondary N) is 1. The van der Waals surface area contributed by atoms with Gasteiger partial charge in [0.25, 0.3) is 5.91 Å². The van der Waals surface area contributed by atoms with Crippen LogP contribution >= 0.6 is 0 Å². The molecule has 8 heteroatoms. The Labute approximate surface area is 158 Å². The number of hydrogen-bond acceptors (Lipinski definition) is 4. The summed E-state index contributed by atoms with van der Waals surface area (Å²) in [7, 11) is 1.40. The van der Waals surface area contributed by atoms with E-state index >= 15 is 0 Å². The van der Waals surface area contributed by atoms with Gasteiger partial charge in [-0.05, 0) is 17.7 Å². The van der Waals surface area contributed by atoms with Crippen LogP contribution < -0.4 is 11.1 Å². The van der Waals surface area contributed by atoms with Crippen LogP contribution in [0.25, 0.3) is 23.0 Å². The zero-order valence-electron chi connectivity index (χ0n) is 14.7. The molecule has 144 valence electrons. The molecule has 1 amide bonds. The van der Waals surface area contributed by atoms with Crippen LogP contribution in [0.4, 0.5) is 13.2 Å². The first-order valence-electron chi connectivity index (χ1n) is 8.23. The highest BCUT2D eigenvalue weighted by Gasteiger charge is 2.31. The Balaban J connectivity index is 2.11. The molecular weight excluding hydrogens is 371 g/mol. The van der Waals surface area contributed by atoms with Gasteiger partial charge in [0.1, 0.15) is 11.3 Å². The maximum Gasteiger partial charge on any atom is 0.416 e. The van der Waals surface area contributed by atoms with Gasteiger partial charge in [0.2, 0.25) is 0 Å². The molecule has 0 fully saturated rings. The molecule has 3 rings (SSSR count). The molecule has 0 spiro atoms. The fraction of sp³-hybridized carbons (Fsp3) is 0.100. The standard InChI is InChI=1S/C20H16F3N3O2/c1-25-19(27)17-16(11-15(24)12-6-3-2-4-7-12)28-26-18(17)13-8-5-9-14(10-13)20(21,22)23/h2-11H,24H2,1H3,(H,25,27)/b15-11+. The van der Waals surface area contributed by atoms with E-state index in [0.29, 0.717) is 11.3 Å². The number of aromatic nitrogens is 1. The van der Waals surface area contributed by atoms with Crippen molar-refractivity contribution >= 4 is 17.7 Å². The molecule has 0 atom stereocenters. The van der Waals surface area contributed by atoms with Gasteiger partial charge in [0.15, 0.2) is 5.76 Å². The van der Waals surface area contributed by atoms with Crippen LogP contribution in [-0.2, 0) is 6.18 Å². The van der Waals surface area contributed by atoms with Crippen molar-refractivity contribution in [3.63, 3.8) is 0 Å². The van der Waals surface area contributed by atoms with E-state index in [0.717, 1.165) is 12.1 Å². The zero-order chi connectivity index (χ0) is 20.3. The van der Waals surface area contributed by atoms with Gasteiger partial charge >= 0.3 is 6.18 Å². The molecule has 0 saturated carbocycles. The van der Waals surface area contributed by atoms with E-state index in [4.69, 9.17) is 10.3 Å². The van der Waals surface area contributed by atoms with Gasteiger partial charge in [-0.1, -0.05) is 47.6 Å². The molecule has 0 saturated heterocycles. The molecule has 1 heterocycles. The number of halogens is 3. The Morgan fingerprint density at radius 1 is 1.14 bits per heavy atom. The van der Waals surface area contributed by atoms with Crippen LogP contribution in [-0.4, -0.2) is 18.1 Å². The summed E-state index contributed by atoms with van der Waals surface area (Å²) in [4.78, 5) is 12.4. The number of alkyl halides is 3. The van der Waals surface area contributed by atoms with Gasteiger partial charge < -0.3 is 15.6 Å². The summed E-state index contributed by atoms with van der Waals surface area (Å²) in [6.45, 7) is 0. The van der Waals surface area contributed by atoms with E-state index in [9.17, 15) is 18.0 Å². The number of nitrogens with two attached hydrogens (primary N) is 1. The van der Waals surface area contributed by atoms with Crippen LogP contribution in [0.2, 0.25) is 0 Å². The minimum absolute atomic E-state index is 0.000653. The Morgan fingerprint density at radius 2 is 1.86 bits per heavy atom.